The molecule has 1 heterocycles. The first-order valence-electron chi connectivity index (χ1n) is 8.57. The molecular weight excluding hydrogens is 313 g/mol. The zero-order valence-electron chi connectivity index (χ0n) is 14.3. The number of benzene rings is 2. The molecule has 0 amide bonds. The van der Waals surface area contributed by atoms with Crippen molar-refractivity contribution < 1.29 is 4.39 Å². The van der Waals surface area contributed by atoms with Gasteiger partial charge in [0.05, 0.1) is 5.56 Å². The fourth-order valence-electron chi connectivity index (χ4n) is 3.57. The Labute approximate surface area is 147 Å². The van der Waals surface area contributed by atoms with E-state index in [2.05, 4.69) is 23.2 Å². The number of piperidine rings is 1. The third-order valence-electron chi connectivity index (χ3n) is 4.90. The highest BCUT2D eigenvalue weighted by atomic mass is 19.1. The molecule has 3 nitrogen and oxygen atoms in total. The first-order valence-corrected chi connectivity index (χ1v) is 8.57. The van der Waals surface area contributed by atoms with Gasteiger partial charge in [-0.2, -0.15) is 5.26 Å². The second-order valence-corrected chi connectivity index (χ2v) is 6.62. The largest absolute Gasteiger partial charge is 0.310 e. The summed E-state index contributed by atoms with van der Waals surface area (Å²) in [5.41, 5.74) is 3.93. The van der Waals surface area contributed by atoms with Gasteiger partial charge in [-0.15, -0.1) is 0 Å². The van der Waals surface area contributed by atoms with E-state index < -0.39 is 5.82 Å². The Morgan fingerprint density at radius 2 is 2.16 bits per heavy atom. The second kappa shape index (κ2) is 7.47. The Bertz CT molecular complexity index is 860. The molecule has 0 aromatic heterocycles. The monoisotopic (exact) mass is 334 g/mol. The van der Waals surface area contributed by atoms with Gasteiger partial charge in [0.1, 0.15) is 11.9 Å². The number of hydrogen-bond donors (Lipinski definition) is 1. The van der Waals surface area contributed by atoms with E-state index in [4.69, 9.17) is 11.8 Å². The average molecular weight is 334 g/mol. The lowest BCUT2D eigenvalue weighted by molar-refractivity contribution is 0.306. The van der Waals surface area contributed by atoms with E-state index in [1.807, 2.05) is 18.2 Å². The quantitative estimate of drug-likeness (QED) is 0.868. The Hall–Kier alpha value is -2.69. The molecule has 2 unspecified atom stereocenters. The number of nitrogens with zero attached hydrogens (tertiary/aromatic N) is 2. The Morgan fingerprint density at radius 3 is 2.84 bits per heavy atom. The molecule has 1 aliphatic rings. The topological polar surface area (TPSA) is 40.2 Å². The smallest absolute Gasteiger partial charge is 0.288 e. The SMILES string of the molecule is C#[N+]Cc1ccc(C2NCCCC2C)c(-c2ccc(C#N)c(F)c2)c1. The van der Waals surface area contributed by atoms with E-state index in [1.165, 1.54) is 25.0 Å². The fourth-order valence-corrected chi connectivity index (χ4v) is 3.57. The van der Waals surface area contributed by atoms with Gasteiger partial charge in [0.2, 0.25) is 0 Å². The molecule has 2 aromatic carbocycles. The van der Waals surface area contributed by atoms with Crippen molar-refractivity contribution in [1.29, 1.82) is 5.26 Å². The molecule has 0 saturated carbocycles. The summed E-state index contributed by atoms with van der Waals surface area (Å²) in [7, 11) is 0. The molecule has 2 atom stereocenters. The number of halogens is 1. The number of hydrogen-bond acceptors (Lipinski definition) is 2. The molecular formula is C21H21FN3+. The van der Waals surface area contributed by atoms with Crippen molar-refractivity contribution in [3.63, 3.8) is 0 Å². The van der Waals surface area contributed by atoms with E-state index >= 15 is 0 Å². The van der Waals surface area contributed by atoms with Gasteiger partial charge in [-0.25, -0.2) is 4.39 Å². The van der Waals surface area contributed by atoms with Crippen molar-refractivity contribution in [1.82, 2.24) is 5.32 Å². The zero-order valence-corrected chi connectivity index (χ0v) is 14.3. The van der Waals surface area contributed by atoms with Crippen LogP contribution in [0.2, 0.25) is 0 Å². The van der Waals surface area contributed by atoms with Crippen LogP contribution in [-0.2, 0) is 6.54 Å². The minimum absolute atomic E-state index is 0.0579. The van der Waals surface area contributed by atoms with Gasteiger partial charge >= 0.3 is 0 Å². The van der Waals surface area contributed by atoms with Crippen molar-refractivity contribution in [2.75, 3.05) is 6.54 Å². The fraction of sp³-hybridized carbons (Fsp3) is 0.333. The van der Waals surface area contributed by atoms with Gasteiger partial charge in [-0.1, -0.05) is 30.0 Å². The van der Waals surface area contributed by atoms with Crippen LogP contribution in [0.25, 0.3) is 16.0 Å². The van der Waals surface area contributed by atoms with Gasteiger partial charge in [0.25, 0.3) is 13.1 Å². The van der Waals surface area contributed by atoms with Crippen molar-refractivity contribution in [2.45, 2.75) is 32.4 Å². The second-order valence-electron chi connectivity index (χ2n) is 6.62. The van der Waals surface area contributed by atoms with Crippen molar-refractivity contribution in [3.8, 4) is 23.8 Å². The molecule has 1 saturated heterocycles. The number of nitriles is 1. The van der Waals surface area contributed by atoms with E-state index in [1.54, 1.807) is 6.07 Å². The molecule has 126 valence electrons. The van der Waals surface area contributed by atoms with Gasteiger partial charge in [0.15, 0.2) is 0 Å². The van der Waals surface area contributed by atoms with Crippen LogP contribution in [0.4, 0.5) is 4.39 Å². The minimum atomic E-state index is -0.496. The van der Waals surface area contributed by atoms with Crippen molar-refractivity contribution in [2.24, 2.45) is 5.92 Å². The maximum absolute atomic E-state index is 14.2. The zero-order chi connectivity index (χ0) is 17.8. The highest BCUT2D eigenvalue weighted by molar-refractivity contribution is 5.70. The Kier molecular flexibility index (Phi) is 5.12. The Morgan fingerprint density at radius 1 is 1.32 bits per heavy atom. The first kappa shape index (κ1) is 17.1. The van der Waals surface area contributed by atoms with Crippen molar-refractivity contribution >= 4 is 0 Å². The lowest BCUT2D eigenvalue weighted by Crippen LogP contribution is -2.33. The lowest BCUT2D eigenvalue weighted by atomic mass is 9.83. The summed E-state index contributed by atoms with van der Waals surface area (Å²) < 4.78 is 14.2. The van der Waals surface area contributed by atoms with Crippen molar-refractivity contribution in [3.05, 3.63) is 63.8 Å². The molecule has 1 fully saturated rings. The van der Waals surface area contributed by atoms with Crippen LogP contribution in [0, 0.1) is 29.6 Å². The molecule has 3 rings (SSSR count). The van der Waals surface area contributed by atoms with Gasteiger partial charge < -0.3 is 5.32 Å². The molecule has 2 aromatic rings. The summed E-state index contributed by atoms with van der Waals surface area (Å²) in [5.74, 6) is 0.00490. The average Bonchev–Trinajstić information content (AvgIpc) is 2.62. The third-order valence-corrected chi connectivity index (χ3v) is 4.90. The van der Waals surface area contributed by atoms with Crippen LogP contribution in [-0.4, -0.2) is 6.54 Å². The number of rotatable bonds is 3. The van der Waals surface area contributed by atoms with Crippen LogP contribution in [0.3, 0.4) is 0 Å². The summed E-state index contributed by atoms with van der Waals surface area (Å²) in [6.07, 6.45) is 2.33. The summed E-state index contributed by atoms with van der Waals surface area (Å²) in [6.45, 7) is 8.97. The molecule has 0 spiro atoms. The molecule has 0 bridgehead atoms. The molecule has 25 heavy (non-hydrogen) atoms. The predicted molar refractivity (Wildman–Crippen MR) is 97.7 cm³/mol. The summed E-state index contributed by atoms with van der Waals surface area (Å²) >= 11 is 0. The van der Waals surface area contributed by atoms with Gasteiger partial charge in [-0.05, 0) is 60.2 Å². The Balaban J connectivity index is 2.11. The predicted octanol–water partition coefficient (Wildman–Crippen LogP) is 4.89. The third kappa shape index (κ3) is 3.55. The summed E-state index contributed by atoms with van der Waals surface area (Å²) in [5, 5.41) is 12.6. The molecule has 4 heteroatoms. The van der Waals surface area contributed by atoms with Crippen LogP contribution in [0.1, 0.15) is 42.5 Å². The maximum atomic E-state index is 14.2. The molecule has 1 N–H and O–H groups in total. The minimum Gasteiger partial charge on any atom is -0.310 e. The van der Waals surface area contributed by atoms with Crippen LogP contribution in [0.15, 0.2) is 36.4 Å². The summed E-state index contributed by atoms with van der Waals surface area (Å²) in [6, 6.07) is 13.0. The van der Waals surface area contributed by atoms with E-state index in [-0.39, 0.29) is 11.6 Å². The first-order chi connectivity index (χ1) is 12.1. The number of nitrogens with one attached hydrogen (secondary N) is 1. The lowest BCUT2D eigenvalue weighted by Gasteiger charge is -2.32. The van der Waals surface area contributed by atoms with Crippen LogP contribution >= 0.6 is 0 Å². The highest BCUT2D eigenvalue weighted by Gasteiger charge is 2.25. The van der Waals surface area contributed by atoms with E-state index in [0.717, 1.165) is 28.8 Å². The summed E-state index contributed by atoms with van der Waals surface area (Å²) in [4.78, 5) is 3.71. The standard InChI is InChI=1S/C21H21FN3/c1-14-4-3-9-25-21(14)18-8-5-15(13-24-2)10-19(18)16-6-7-17(12-23)20(22)11-16/h2,5-8,10-11,14,21,25H,3-4,9,13H2,1H3/q+1. The van der Waals surface area contributed by atoms with Gasteiger partial charge in [-0.3, -0.25) is 0 Å². The van der Waals surface area contributed by atoms with E-state index in [9.17, 15) is 4.39 Å². The van der Waals surface area contributed by atoms with Crippen LogP contribution in [0.5, 0.6) is 0 Å². The van der Waals surface area contributed by atoms with Crippen LogP contribution < -0.4 is 5.32 Å². The van der Waals surface area contributed by atoms with Gasteiger partial charge in [0, 0.05) is 11.6 Å². The van der Waals surface area contributed by atoms with E-state index in [0.29, 0.717) is 12.5 Å². The molecule has 0 aliphatic carbocycles. The highest BCUT2D eigenvalue weighted by Crippen LogP contribution is 2.36. The molecule has 1 aliphatic heterocycles. The normalized spacial score (nSPS) is 19.8. The maximum Gasteiger partial charge on any atom is 0.288 e. The molecule has 0 radical (unpaired) electrons.